The normalized spacial score (nSPS) is 10.6. The van der Waals surface area contributed by atoms with Crippen molar-refractivity contribution in [1.82, 2.24) is 0 Å². The number of rotatable bonds is 3. The van der Waals surface area contributed by atoms with Crippen LogP contribution in [0.3, 0.4) is 0 Å². The summed E-state index contributed by atoms with van der Waals surface area (Å²) in [6.45, 7) is 0. The Balaban J connectivity index is 2.25. The van der Waals surface area contributed by atoms with Gasteiger partial charge in [0.25, 0.3) is 0 Å². The van der Waals surface area contributed by atoms with E-state index >= 15 is 0 Å². The molecular weight excluding hydrogens is 240 g/mol. The first-order valence-corrected chi connectivity index (χ1v) is 6.02. The van der Waals surface area contributed by atoms with Crippen LogP contribution in [-0.4, -0.2) is 14.2 Å². The van der Waals surface area contributed by atoms with Gasteiger partial charge in [-0.3, -0.25) is 0 Å². The number of fused-ring (bicyclic) bond motifs is 1. The molecule has 3 heteroatoms. The molecular formula is C16H14O3. The quantitative estimate of drug-likeness (QED) is 0.704. The number of hydrogen-bond donors (Lipinski definition) is 0. The lowest BCUT2D eigenvalue weighted by Crippen LogP contribution is -1.90. The summed E-state index contributed by atoms with van der Waals surface area (Å²) in [6.07, 6.45) is 1.75. The summed E-state index contributed by atoms with van der Waals surface area (Å²) in [5.41, 5.74) is 2.88. The Morgan fingerprint density at radius 1 is 0.895 bits per heavy atom. The van der Waals surface area contributed by atoms with Crippen molar-refractivity contribution >= 4 is 11.0 Å². The SMILES string of the molecule is COc1ccc2c(-c3ccccc3)coc2c1OC. The molecule has 0 bridgehead atoms. The van der Waals surface area contributed by atoms with Crippen LogP contribution in [0.15, 0.2) is 53.1 Å². The highest BCUT2D eigenvalue weighted by atomic mass is 16.5. The maximum Gasteiger partial charge on any atom is 0.204 e. The summed E-state index contributed by atoms with van der Waals surface area (Å²) >= 11 is 0. The minimum atomic E-state index is 0.627. The number of furan rings is 1. The average molecular weight is 254 g/mol. The predicted octanol–water partition coefficient (Wildman–Crippen LogP) is 4.12. The zero-order valence-corrected chi connectivity index (χ0v) is 10.8. The van der Waals surface area contributed by atoms with Crippen molar-refractivity contribution in [2.45, 2.75) is 0 Å². The molecule has 0 atom stereocenters. The predicted molar refractivity (Wildman–Crippen MR) is 74.8 cm³/mol. The van der Waals surface area contributed by atoms with Gasteiger partial charge in [-0.2, -0.15) is 0 Å². The van der Waals surface area contributed by atoms with Crippen molar-refractivity contribution in [3.05, 3.63) is 48.7 Å². The Kier molecular flexibility index (Phi) is 2.88. The first-order valence-electron chi connectivity index (χ1n) is 6.02. The third-order valence-corrected chi connectivity index (χ3v) is 3.17. The van der Waals surface area contributed by atoms with Crippen LogP contribution in [0.2, 0.25) is 0 Å². The third-order valence-electron chi connectivity index (χ3n) is 3.17. The molecule has 0 aliphatic rings. The van der Waals surface area contributed by atoms with Crippen LogP contribution in [0.4, 0.5) is 0 Å². The maximum absolute atomic E-state index is 5.66. The van der Waals surface area contributed by atoms with E-state index in [1.54, 1.807) is 20.5 Å². The van der Waals surface area contributed by atoms with E-state index in [0.717, 1.165) is 16.5 Å². The lowest BCUT2D eigenvalue weighted by Gasteiger charge is -2.07. The summed E-state index contributed by atoms with van der Waals surface area (Å²) in [4.78, 5) is 0. The number of ether oxygens (including phenoxy) is 2. The summed E-state index contributed by atoms with van der Waals surface area (Å²) < 4.78 is 16.3. The van der Waals surface area contributed by atoms with Gasteiger partial charge in [-0.1, -0.05) is 30.3 Å². The molecule has 2 aromatic carbocycles. The van der Waals surface area contributed by atoms with E-state index in [1.165, 1.54) is 0 Å². The number of benzene rings is 2. The van der Waals surface area contributed by atoms with E-state index in [-0.39, 0.29) is 0 Å². The fraction of sp³-hybridized carbons (Fsp3) is 0.125. The molecule has 0 aliphatic heterocycles. The van der Waals surface area contributed by atoms with Crippen LogP contribution in [0, 0.1) is 0 Å². The van der Waals surface area contributed by atoms with Crippen molar-refractivity contribution < 1.29 is 13.9 Å². The van der Waals surface area contributed by atoms with Crippen LogP contribution in [0.5, 0.6) is 11.5 Å². The van der Waals surface area contributed by atoms with Crippen LogP contribution >= 0.6 is 0 Å². The number of methoxy groups -OCH3 is 2. The molecule has 3 nitrogen and oxygen atoms in total. The summed E-state index contributed by atoms with van der Waals surface area (Å²) in [6, 6.07) is 14.0. The molecule has 3 aromatic rings. The highest BCUT2D eigenvalue weighted by molar-refractivity contribution is 5.98. The Morgan fingerprint density at radius 3 is 2.37 bits per heavy atom. The van der Waals surface area contributed by atoms with Crippen LogP contribution in [0.1, 0.15) is 0 Å². The molecule has 0 unspecified atom stereocenters. The Hall–Kier alpha value is -2.42. The first kappa shape index (κ1) is 11.7. The molecule has 1 heterocycles. The lowest BCUT2D eigenvalue weighted by molar-refractivity contribution is 0.353. The van der Waals surface area contributed by atoms with E-state index in [9.17, 15) is 0 Å². The van der Waals surface area contributed by atoms with Gasteiger partial charge < -0.3 is 13.9 Å². The molecule has 0 N–H and O–H groups in total. The lowest BCUT2D eigenvalue weighted by atomic mass is 10.0. The second-order valence-electron chi connectivity index (χ2n) is 4.19. The maximum atomic E-state index is 5.66. The van der Waals surface area contributed by atoms with Crippen molar-refractivity contribution in [2.24, 2.45) is 0 Å². The smallest absolute Gasteiger partial charge is 0.204 e. The minimum Gasteiger partial charge on any atom is -0.493 e. The zero-order valence-electron chi connectivity index (χ0n) is 10.8. The highest BCUT2D eigenvalue weighted by Gasteiger charge is 2.15. The van der Waals surface area contributed by atoms with Crippen molar-refractivity contribution in [3.63, 3.8) is 0 Å². The Bertz CT molecular complexity index is 699. The highest BCUT2D eigenvalue weighted by Crippen LogP contribution is 2.40. The van der Waals surface area contributed by atoms with E-state index in [2.05, 4.69) is 12.1 Å². The fourth-order valence-corrected chi connectivity index (χ4v) is 2.25. The van der Waals surface area contributed by atoms with Gasteiger partial charge in [-0.25, -0.2) is 0 Å². The minimum absolute atomic E-state index is 0.627. The second-order valence-corrected chi connectivity index (χ2v) is 4.19. The topological polar surface area (TPSA) is 31.6 Å². The third kappa shape index (κ3) is 1.83. The molecule has 0 amide bonds. The van der Waals surface area contributed by atoms with Gasteiger partial charge >= 0.3 is 0 Å². The summed E-state index contributed by atoms with van der Waals surface area (Å²) in [5.74, 6) is 1.30. The molecule has 96 valence electrons. The summed E-state index contributed by atoms with van der Waals surface area (Å²) in [5, 5.41) is 1.02. The monoisotopic (exact) mass is 254 g/mol. The van der Waals surface area contributed by atoms with Gasteiger partial charge in [-0.15, -0.1) is 0 Å². The van der Waals surface area contributed by atoms with Gasteiger partial charge in [-0.05, 0) is 17.7 Å². The molecule has 0 aliphatic carbocycles. The van der Waals surface area contributed by atoms with Gasteiger partial charge in [0.2, 0.25) is 5.75 Å². The Morgan fingerprint density at radius 2 is 1.68 bits per heavy atom. The van der Waals surface area contributed by atoms with E-state index in [0.29, 0.717) is 17.1 Å². The molecule has 0 spiro atoms. The Labute approximate surface area is 111 Å². The largest absolute Gasteiger partial charge is 0.493 e. The van der Waals surface area contributed by atoms with Crippen LogP contribution in [0.25, 0.3) is 22.1 Å². The van der Waals surface area contributed by atoms with Gasteiger partial charge in [0.1, 0.15) is 0 Å². The first-order chi connectivity index (χ1) is 9.35. The van der Waals surface area contributed by atoms with Gasteiger partial charge in [0.05, 0.1) is 20.5 Å². The molecule has 0 saturated carbocycles. The summed E-state index contributed by atoms with van der Waals surface area (Å²) in [7, 11) is 3.23. The number of hydrogen-bond acceptors (Lipinski definition) is 3. The van der Waals surface area contributed by atoms with Crippen molar-refractivity contribution in [1.29, 1.82) is 0 Å². The standard InChI is InChI=1S/C16H14O3/c1-17-14-9-8-12-13(11-6-4-3-5-7-11)10-19-15(12)16(14)18-2/h3-10H,1-2H3. The molecule has 3 rings (SSSR count). The van der Waals surface area contributed by atoms with E-state index in [1.807, 2.05) is 30.3 Å². The second kappa shape index (κ2) is 4.69. The van der Waals surface area contributed by atoms with Crippen LogP contribution < -0.4 is 9.47 Å². The van der Waals surface area contributed by atoms with Gasteiger partial charge in [0.15, 0.2) is 11.3 Å². The molecule has 1 aromatic heterocycles. The van der Waals surface area contributed by atoms with E-state index < -0.39 is 0 Å². The molecule has 0 radical (unpaired) electrons. The molecule has 0 saturated heterocycles. The van der Waals surface area contributed by atoms with Crippen LogP contribution in [-0.2, 0) is 0 Å². The van der Waals surface area contributed by atoms with E-state index in [4.69, 9.17) is 13.9 Å². The van der Waals surface area contributed by atoms with Gasteiger partial charge in [0, 0.05) is 10.9 Å². The molecule has 0 fully saturated rings. The zero-order chi connectivity index (χ0) is 13.2. The van der Waals surface area contributed by atoms with Crippen molar-refractivity contribution in [2.75, 3.05) is 14.2 Å². The average Bonchev–Trinajstić information content (AvgIpc) is 2.91. The van der Waals surface area contributed by atoms with Crippen molar-refractivity contribution in [3.8, 4) is 22.6 Å². The fourth-order valence-electron chi connectivity index (χ4n) is 2.25. The molecule has 19 heavy (non-hydrogen) atoms.